The molecule has 0 fully saturated rings. The summed E-state index contributed by atoms with van der Waals surface area (Å²) in [5.41, 5.74) is 0.573. The summed E-state index contributed by atoms with van der Waals surface area (Å²) in [7, 11) is 0. The minimum absolute atomic E-state index is 0.110. The van der Waals surface area contributed by atoms with Gasteiger partial charge in [-0.05, 0) is 0 Å². The Balaban J connectivity index is 2.61. The molecule has 2 rings (SSSR count). The van der Waals surface area contributed by atoms with Gasteiger partial charge in [0.2, 0.25) is 0 Å². The molecule has 0 atom stereocenters. The molecule has 0 bridgehead atoms. The topological polar surface area (TPSA) is 26.3 Å². The quantitative estimate of drug-likeness (QED) is 0.226. The van der Waals surface area contributed by atoms with Gasteiger partial charge in [-0.2, -0.15) is 0 Å². The summed E-state index contributed by atoms with van der Waals surface area (Å²) in [5, 5.41) is 0. The second kappa shape index (κ2) is 10.9. The maximum absolute atomic E-state index is 13.3. The monoisotopic (exact) mass is 518 g/mol. The first kappa shape index (κ1) is 24.3. The Morgan fingerprint density at radius 2 is 1.52 bits per heavy atom. The molecule has 1 heterocycles. The standard InChI is InChI=1S/C11H6F3O2.3C4H9.Sn/c12-11(13,14)9-3-1-2-7(4-9)8-5-10(15)16-6-8;3*1-3-4-2;/h1-4H,6H2;3*1,3-4H2,2H3;. The third-order valence-electron chi connectivity index (χ3n) is 5.95. The Kier molecular flexibility index (Phi) is 9.11. The number of benzene rings is 1. The molecule has 0 saturated carbocycles. The second-order valence-corrected chi connectivity index (χ2v) is 21.1. The number of unbranched alkanes of at least 4 members (excludes halogenated alkanes) is 3. The van der Waals surface area contributed by atoms with Gasteiger partial charge in [0.1, 0.15) is 0 Å². The van der Waals surface area contributed by atoms with Crippen LogP contribution >= 0.6 is 0 Å². The van der Waals surface area contributed by atoms with Crippen LogP contribution in [-0.4, -0.2) is 31.0 Å². The predicted octanol–water partition coefficient (Wildman–Crippen LogP) is 7.40. The molecule has 162 valence electrons. The van der Waals surface area contributed by atoms with E-state index in [1.165, 1.54) is 12.1 Å². The van der Waals surface area contributed by atoms with Crippen LogP contribution in [0.2, 0.25) is 13.3 Å². The van der Waals surface area contributed by atoms with E-state index in [0.29, 0.717) is 5.56 Å². The Hall–Kier alpha value is -0.981. The van der Waals surface area contributed by atoms with Crippen molar-refractivity contribution < 1.29 is 22.7 Å². The molecule has 1 aliphatic heterocycles. The van der Waals surface area contributed by atoms with E-state index in [0.717, 1.165) is 67.1 Å². The molecule has 6 heteroatoms. The van der Waals surface area contributed by atoms with Crippen LogP contribution in [0, 0.1) is 0 Å². The van der Waals surface area contributed by atoms with Crippen molar-refractivity contribution in [1.29, 1.82) is 0 Å². The van der Waals surface area contributed by atoms with Crippen molar-refractivity contribution in [2.24, 2.45) is 0 Å². The average Bonchev–Trinajstić information content (AvgIpc) is 3.09. The van der Waals surface area contributed by atoms with Gasteiger partial charge in [0.15, 0.2) is 0 Å². The van der Waals surface area contributed by atoms with Crippen molar-refractivity contribution in [3.05, 3.63) is 39.0 Å². The van der Waals surface area contributed by atoms with Gasteiger partial charge in [-0.25, -0.2) is 0 Å². The number of esters is 1. The van der Waals surface area contributed by atoms with Gasteiger partial charge in [0.25, 0.3) is 0 Å². The molecule has 1 aromatic rings. The fourth-order valence-electron chi connectivity index (χ4n) is 4.35. The molecule has 0 aliphatic carbocycles. The number of ether oxygens (including phenoxy) is 1. The molecule has 2 nitrogen and oxygen atoms in total. The first-order valence-corrected chi connectivity index (χ1v) is 18.4. The average molecular weight is 517 g/mol. The van der Waals surface area contributed by atoms with E-state index < -0.39 is 30.1 Å². The van der Waals surface area contributed by atoms with Crippen LogP contribution in [0.3, 0.4) is 0 Å². The second-order valence-electron chi connectivity index (χ2n) is 8.10. The zero-order valence-electron chi connectivity index (χ0n) is 17.8. The van der Waals surface area contributed by atoms with Crippen molar-refractivity contribution in [2.75, 3.05) is 6.61 Å². The summed E-state index contributed by atoms with van der Waals surface area (Å²) >= 11 is -3.12. The SMILES string of the molecule is CCC[CH2][Sn]([CH2]CCC)([CH2]CCC)[C]1=C(c2cccc(C(F)(F)F)c2)COC1=O. The number of hydrogen-bond donors (Lipinski definition) is 0. The summed E-state index contributed by atoms with van der Waals surface area (Å²) in [4.78, 5) is 12.9. The van der Waals surface area contributed by atoms with E-state index in [9.17, 15) is 18.0 Å². The van der Waals surface area contributed by atoms with Crippen LogP contribution < -0.4 is 0 Å². The number of hydrogen-bond acceptors (Lipinski definition) is 2. The molecular formula is C23H33F3O2Sn. The van der Waals surface area contributed by atoms with Crippen LogP contribution in [0.5, 0.6) is 0 Å². The molecule has 0 aromatic heterocycles. The van der Waals surface area contributed by atoms with Gasteiger partial charge in [-0.3, -0.25) is 0 Å². The molecule has 0 spiro atoms. The Morgan fingerprint density at radius 3 is 2.00 bits per heavy atom. The van der Waals surface area contributed by atoms with Crippen LogP contribution in [0.1, 0.15) is 70.4 Å². The molecule has 1 aromatic carbocycles. The van der Waals surface area contributed by atoms with Crippen LogP contribution in [0.15, 0.2) is 27.9 Å². The van der Waals surface area contributed by atoms with E-state index >= 15 is 0 Å². The number of rotatable bonds is 11. The van der Waals surface area contributed by atoms with Crippen molar-refractivity contribution >= 4 is 29.9 Å². The number of halogens is 3. The summed E-state index contributed by atoms with van der Waals surface area (Å²) in [6.45, 7) is 6.58. The van der Waals surface area contributed by atoms with Crippen LogP contribution in [-0.2, 0) is 15.7 Å². The normalized spacial score (nSPS) is 15.2. The van der Waals surface area contributed by atoms with Crippen molar-refractivity contribution in [3.8, 4) is 0 Å². The van der Waals surface area contributed by atoms with E-state index in [4.69, 9.17) is 4.74 Å². The Bertz CT molecular complexity index is 703. The fraction of sp³-hybridized carbons (Fsp3) is 0.609. The van der Waals surface area contributed by atoms with Gasteiger partial charge in [-0.15, -0.1) is 0 Å². The number of carbonyl (C=O) groups is 1. The van der Waals surface area contributed by atoms with Gasteiger partial charge >= 0.3 is 177 Å². The van der Waals surface area contributed by atoms with Crippen molar-refractivity contribution in [2.45, 2.75) is 78.8 Å². The van der Waals surface area contributed by atoms with Gasteiger partial charge < -0.3 is 0 Å². The minimum atomic E-state index is -4.40. The number of alkyl halides is 3. The molecule has 0 N–H and O–H groups in total. The number of cyclic esters (lactones) is 1. The Labute approximate surface area is 176 Å². The van der Waals surface area contributed by atoms with Crippen molar-refractivity contribution in [1.82, 2.24) is 0 Å². The van der Waals surface area contributed by atoms with Gasteiger partial charge in [0.05, 0.1) is 0 Å². The summed E-state index contributed by atoms with van der Waals surface area (Å²) in [6.07, 6.45) is 2.05. The van der Waals surface area contributed by atoms with E-state index in [1.54, 1.807) is 6.07 Å². The van der Waals surface area contributed by atoms with Crippen molar-refractivity contribution in [3.63, 3.8) is 0 Å². The molecular weight excluding hydrogens is 484 g/mol. The van der Waals surface area contributed by atoms with E-state index in [1.807, 2.05) is 0 Å². The summed E-state index contributed by atoms with van der Waals surface area (Å²) in [6, 6.07) is 5.41. The molecule has 0 radical (unpaired) electrons. The summed E-state index contributed by atoms with van der Waals surface area (Å²) in [5.74, 6) is -0.253. The molecule has 29 heavy (non-hydrogen) atoms. The van der Waals surface area contributed by atoms with Gasteiger partial charge in [-0.1, -0.05) is 0 Å². The first-order chi connectivity index (χ1) is 13.8. The molecule has 0 unspecified atom stereocenters. The maximum atomic E-state index is 13.3. The molecule has 0 saturated heterocycles. The van der Waals surface area contributed by atoms with E-state index in [2.05, 4.69) is 20.8 Å². The zero-order chi connectivity index (χ0) is 21.5. The van der Waals surface area contributed by atoms with Crippen LogP contribution in [0.4, 0.5) is 13.2 Å². The van der Waals surface area contributed by atoms with Gasteiger partial charge in [0, 0.05) is 0 Å². The Morgan fingerprint density at radius 1 is 0.966 bits per heavy atom. The zero-order valence-corrected chi connectivity index (χ0v) is 20.7. The third kappa shape index (κ3) is 6.02. The molecule has 0 amide bonds. The predicted molar refractivity (Wildman–Crippen MR) is 114 cm³/mol. The third-order valence-corrected chi connectivity index (χ3v) is 21.6. The van der Waals surface area contributed by atoms with E-state index in [-0.39, 0.29) is 12.6 Å². The number of carbonyl (C=O) groups excluding carboxylic acids is 1. The fourth-order valence-corrected chi connectivity index (χ4v) is 21.3. The van der Waals surface area contributed by atoms with Crippen LogP contribution in [0.25, 0.3) is 5.57 Å². The summed E-state index contributed by atoms with van der Waals surface area (Å²) < 4.78 is 49.3. The first-order valence-electron chi connectivity index (χ1n) is 10.9. The molecule has 1 aliphatic rings.